The molecule has 0 aliphatic carbocycles. The van der Waals surface area contributed by atoms with E-state index in [4.69, 9.17) is 11.6 Å². The minimum atomic E-state index is -0.457. The predicted octanol–water partition coefficient (Wildman–Crippen LogP) is 4.81. The largest absolute Gasteiger partial charge is 0.109 e. The summed E-state index contributed by atoms with van der Waals surface area (Å²) in [5.41, 5.74) is 4.78. The molecule has 1 heteroatoms. The average molecular weight is 245 g/mol. The Morgan fingerprint density at radius 2 is 1.00 bits per heavy atom. The van der Waals surface area contributed by atoms with Gasteiger partial charge in [0.05, 0.1) is 4.87 Å². The van der Waals surface area contributed by atoms with Gasteiger partial charge in [-0.15, -0.1) is 11.6 Å². The van der Waals surface area contributed by atoms with E-state index in [-0.39, 0.29) is 0 Å². The van der Waals surface area contributed by atoms with Crippen molar-refractivity contribution >= 4 is 11.6 Å². The van der Waals surface area contributed by atoms with Gasteiger partial charge in [0.25, 0.3) is 0 Å². The van der Waals surface area contributed by atoms with Crippen molar-refractivity contribution in [3.63, 3.8) is 0 Å². The van der Waals surface area contributed by atoms with Crippen molar-refractivity contribution in [1.29, 1.82) is 0 Å². The molecule has 0 heterocycles. The molecule has 2 aromatic rings. The monoisotopic (exact) mass is 244 g/mol. The molecule has 0 aliphatic heterocycles. The Kier molecular flexibility index (Phi) is 3.26. The first-order chi connectivity index (χ1) is 8.00. The lowest BCUT2D eigenvalue weighted by Gasteiger charge is -2.23. The van der Waals surface area contributed by atoms with Gasteiger partial charge in [-0.3, -0.25) is 0 Å². The van der Waals surface area contributed by atoms with Gasteiger partial charge in [-0.2, -0.15) is 0 Å². The molecule has 0 unspecified atom stereocenters. The van der Waals surface area contributed by atoms with Crippen molar-refractivity contribution < 1.29 is 0 Å². The molecule has 2 aromatic carbocycles. The third kappa shape index (κ3) is 2.53. The zero-order valence-corrected chi connectivity index (χ0v) is 11.3. The molecular weight excluding hydrogens is 228 g/mol. The molecule has 17 heavy (non-hydrogen) atoms. The van der Waals surface area contributed by atoms with Crippen LogP contribution < -0.4 is 0 Å². The van der Waals surface area contributed by atoms with Crippen LogP contribution in [0.1, 0.15) is 29.2 Å². The lowest BCUT2D eigenvalue weighted by molar-refractivity contribution is 0.821. The highest BCUT2D eigenvalue weighted by molar-refractivity contribution is 6.25. The van der Waals surface area contributed by atoms with Crippen LogP contribution in [-0.2, 0) is 4.87 Å². The van der Waals surface area contributed by atoms with E-state index in [0.29, 0.717) is 0 Å². The number of hydrogen-bond donors (Lipinski definition) is 0. The van der Waals surface area contributed by atoms with E-state index in [2.05, 4.69) is 62.4 Å². The van der Waals surface area contributed by atoms with Crippen LogP contribution in [0, 0.1) is 13.8 Å². The third-order valence-corrected chi connectivity index (χ3v) is 3.62. The van der Waals surface area contributed by atoms with Crippen LogP contribution in [0.4, 0.5) is 0 Å². The molecule has 0 aliphatic rings. The maximum atomic E-state index is 6.69. The summed E-state index contributed by atoms with van der Waals surface area (Å²) in [6.45, 7) is 6.21. The molecule has 0 amide bonds. The van der Waals surface area contributed by atoms with Crippen LogP contribution in [0.2, 0.25) is 0 Å². The van der Waals surface area contributed by atoms with Crippen molar-refractivity contribution in [3.8, 4) is 0 Å². The summed E-state index contributed by atoms with van der Waals surface area (Å²) in [6.07, 6.45) is 0. The lowest BCUT2D eigenvalue weighted by Crippen LogP contribution is -2.15. The van der Waals surface area contributed by atoms with Crippen LogP contribution in [0.5, 0.6) is 0 Å². The number of halogens is 1. The van der Waals surface area contributed by atoms with E-state index in [1.807, 2.05) is 6.92 Å². The Bertz CT molecular complexity index is 445. The van der Waals surface area contributed by atoms with Crippen LogP contribution in [0.25, 0.3) is 0 Å². The number of aryl methyl sites for hydroxylation is 2. The SMILES string of the molecule is Cc1ccc(C(C)(Cl)c2ccc(C)cc2)cc1. The minimum absolute atomic E-state index is 0.457. The molecular formula is C16H17Cl. The first kappa shape index (κ1) is 12.2. The van der Waals surface area contributed by atoms with Crippen LogP contribution in [-0.4, -0.2) is 0 Å². The van der Waals surface area contributed by atoms with E-state index in [1.54, 1.807) is 0 Å². The molecule has 0 spiro atoms. The standard InChI is InChI=1S/C16H17Cl/c1-12-4-8-14(9-5-12)16(3,17)15-10-6-13(2)7-11-15/h4-11H,1-3H3. The van der Waals surface area contributed by atoms with Crippen molar-refractivity contribution in [2.75, 3.05) is 0 Å². The van der Waals surface area contributed by atoms with Gasteiger partial charge in [-0.1, -0.05) is 59.7 Å². The van der Waals surface area contributed by atoms with Crippen molar-refractivity contribution in [2.24, 2.45) is 0 Å². The summed E-state index contributed by atoms with van der Waals surface area (Å²) in [5.74, 6) is 0. The molecule has 0 fully saturated rings. The first-order valence-electron chi connectivity index (χ1n) is 5.83. The Morgan fingerprint density at radius 1 is 0.706 bits per heavy atom. The Labute approximate surface area is 108 Å². The summed E-state index contributed by atoms with van der Waals surface area (Å²) in [5, 5.41) is 0. The van der Waals surface area contributed by atoms with Gasteiger partial charge in [0.2, 0.25) is 0 Å². The van der Waals surface area contributed by atoms with E-state index in [1.165, 1.54) is 11.1 Å². The Morgan fingerprint density at radius 3 is 1.29 bits per heavy atom. The number of rotatable bonds is 2. The van der Waals surface area contributed by atoms with E-state index in [0.717, 1.165) is 11.1 Å². The topological polar surface area (TPSA) is 0 Å². The summed E-state index contributed by atoms with van der Waals surface area (Å²) in [4.78, 5) is -0.457. The second-order valence-corrected chi connectivity index (χ2v) is 5.49. The molecule has 0 N–H and O–H groups in total. The van der Waals surface area contributed by atoms with Gasteiger partial charge < -0.3 is 0 Å². The number of hydrogen-bond acceptors (Lipinski definition) is 0. The summed E-state index contributed by atoms with van der Waals surface area (Å²) >= 11 is 6.69. The molecule has 0 saturated carbocycles. The second-order valence-electron chi connectivity index (χ2n) is 4.74. The fourth-order valence-electron chi connectivity index (χ4n) is 1.90. The van der Waals surface area contributed by atoms with Gasteiger partial charge in [-0.25, -0.2) is 0 Å². The minimum Gasteiger partial charge on any atom is -0.109 e. The van der Waals surface area contributed by atoms with E-state index >= 15 is 0 Å². The molecule has 0 nitrogen and oxygen atoms in total. The smallest absolute Gasteiger partial charge is 0.0916 e. The maximum absolute atomic E-state index is 6.69. The van der Waals surface area contributed by atoms with E-state index in [9.17, 15) is 0 Å². The summed E-state index contributed by atoms with van der Waals surface area (Å²) < 4.78 is 0. The molecule has 88 valence electrons. The fraction of sp³-hybridized carbons (Fsp3) is 0.250. The quantitative estimate of drug-likeness (QED) is 0.666. The highest BCUT2D eigenvalue weighted by Gasteiger charge is 2.25. The normalized spacial score (nSPS) is 11.5. The molecule has 2 rings (SSSR count). The molecule has 0 saturated heterocycles. The lowest BCUT2D eigenvalue weighted by atomic mass is 9.91. The van der Waals surface area contributed by atoms with Gasteiger partial charge in [0.1, 0.15) is 0 Å². The maximum Gasteiger partial charge on any atom is 0.0916 e. The second kappa shape index (κ2) is 4.54. The van der Waals surface area contributed by atoms with Gasteiger partial charge in [-0.05, 0) is 31.9 Å². The molecule has 0 bridgehead atoms. The van der Waals surface area contributed by atoms with Crippen molar-refractivity contribution in [1.82, 2.24) is 0 Å². The van der Waals surface area contributed by atoms with E-state index < -0.39 is 4.87 Å². The molecule has 0 radical (unpaired) electrons. The predicted molar refractivity (Wildman–Crippen MR) is 74.7 cm³/mol. The zero-order chi connectivity index (χ0) is 12.5. The van der Waals surface area contributed by atoms with Crippen LogP contribution in [0.15, 0.2) is 48.5 Å². The van der Waals surface area contributed by atoms with Crippen LogP contribution >= 0.6 is 11.6 Å². The molecule has 0 atom stereocenters. The van der Waals surface area contributed by atoms with Crippen molar-refractivity contribution in [3.05, 3.63) is 70.8 Å². The first-order valence-corrected chi connectivity index (χ1v) is 6.21. The molecule has 0 aromatic heterocycles. The number of alkyl halides is 1. The van der Waals surface area contributed by atoms with Crippen molar-refractivity contribution in [2.45, 2.75) is 25.6 Å². The summed E-state index contributed by atoms with van der Waals surface area (Å²) in [6, 6.07) is 16.8. The van der Waals surface area contributed by atoms with Gasteiger partial charge in [0.15, 0.2) is 0 Å². The Hall–Kier alpha value is -1.27. The summed E-state index contributed by atoms with van der Waals surface area (Å²) in [7, 11) is 0. The number of benzene rings is 2. The third-order valence-electron chi connectivity index (χ3n) is 3.19. The van der Waals surface area contributed by atoms with Gasteiger partial charge in [0, 0.05) is 0 Å². The highest BCUT2D eigenvalue weighted by atomic mass is 35.5. The zero-order valence-electron chi connectivity index (χ0n) is 10.5. The fourth-order valence-corrected chi connectivity index (χ4v) is 2.15. The van der Waals surface area contributed by atoms with Crippen LogP contribution in [0.3, 0.4) is 0 Å². The highest BCUT2D eigenvalue weighted by Crippen LogP contribution is 2.36. The average Bonchev–Trinajstić information content (AvgIpc) is 2.30. The Balaban J connectivity index is 2.41. The van der Waals surface area contributed by atoms with Gasteiger partial charge >= 0.3 is 0 Å².